The van der Waals surface area contributed by atoms with Crippen molar-refractivity contribution < 1.29 is 13.9 Å². The minimum Gasteiger partial charge on any atom is -0.457 e. The van der Waals surface area contributed by atoms with Gasteiger partial charge in [0.2, 0.25) is 0 Å². The van der Waals surface area contributed by atoms with E-state index < -0.39 is 11.6 Å². The summed E-state index contributed by atoms with van der Waals surface area (Å²) in [4.78, 5) is 24.6. The number of hydrogen-bond acceptors (Lipinski definition) is 4. The topological polar surface area (TPSA) is 56.5 Å². The summed E-state index contributed by atoms with van der Waals surface area (Å²) in [5.41, 5.74) is 3.18. The second kappa shape index (κ2) is 6.72. The van der Waals surface area contributed by atoms with Crippen molar-refractivity contribution in [1.82, 2.24) is 0 Å². The highest BCUT2D eigenvalue weighted by molar-refractivity contribution is 6.04. The van der Waals surface area contributed by atoms with Crippen LogP contribution in [0.4, 0.5) is 0 Å². The average molecular weight is 358 g/mol. The maximum absolute atomic E-state index is 12.7. The Morgan fingerprint density at radius 1 is 0.963 bits per heavy atom. The van der Waals surface area contributed by atoms with Crippen LogP contribution < -0.4 is 5.63 Å². The fraction of sp³-hybridized carbons (Fsp3) is 0.130. The molecule has 0 aliphatic heterocycles. The molecule has 1 aromatic heterocycles. The molecule has 0 unspecified atom stereocenters. The third-order valence-corrected chi connectivity index (χ3v) is 4.89. The number of aryl methyl sites for hydroxylation is 2. The van der Waals surface area contributed by atoms with Crippen molar-refractivity contribution in [2.75, 3.05) is 0 Å². The summed E-state index contributed by atoms with van der Waals surface area (Å²) in [6.07, 6.45) is 0. The Balaban J connectivity index is 1.68. The first-order chi connectivity index (χ1) is 13.0. The summed E-state index contributed by atoms with van der Waals surface area (Å²) in [7, 11) is 0. The number of hydrogen-bond donors (Lipinski definition) is 0. The molecule has 27 heavy (non-hydrogen) atoms. The van der Waals surface area contributed by atoms with E-state index in [-0.39, 0.29) is 6.61 Å². The van der Waals surface area contributed by atoms with Crippen molar-refractivity contribution in [2.24, 2.45) is 0 Å². The van der Waals surface area contributed by atoms with Crippen LogP contribution in [0.2, 0.25) is 0 Å². The number of rotatable bonds is 3. The van der Waals surface area contributed by atoms with Gasteiger partial charge in [-0.05, 0) is 41.8 Å². The molecule has 0 N–H and O–H groups in total. The van der Waals surface area contributed by atoms with Crippen LogP contribution in [0.3, 0.4) is 0 Å². The molecule has 1 heterocycles. The molecule has 0 amide bonds. The van der Waals surface area contributed by atoms with E-state index in [0.29, 0.717) is 16.7 Å². The fourth-order valence-electron chi connectivity index (χ4n) is 3.27. The van der Waals surface area contributed by atoms with Crippen molar-refractivity contribution in [3.8, 4) is 0 Å². The third-order valence-electron chi connectivity index (χ3n) is 4.89. The molecule has 0 aliphatic rings. The molecule has 0 atom stereocenters. The molecule has 4 heteroatoms. The fourth-order valence-corrected chi connectivity index (χ4v) is 3.27. The van der Waals surface area contributed by atoms with Crippen LogP contribution in [0.5, 0.6) is 0 Å². The summed E-state index contributed by atoms with van der Waals surface area (Å²) in [6.45, 7) is 3.88. The Bertz CT molecular complexity index is 1230. The highest BCUT2D eigenvalue weighted by atomic mass is 16.5. The van der Waals surface area contributed by atoms with Gasteiger partial charge in [-0.3, -0.25) is 0 Å². The predicted octanol–water partition coefficient (Wildman–Crippen LogP) is 4.92. The van der Waals surface area contributed by atoms with Crippen LogP contribution in [-0.2, 0) is 11.3 Å². The summed E-state index contributed by atoms with van der Waals surface area (Å²) in [5.74, 6) is -0.419. The smallest absolute Gasteiger partial charge is 0.339 e. The first-order valence-corrected chi connectivity index (χ1v) is 8.72. The number of carbonyl (C=O) groups excluding carboxylic acids is 1. The maximum Gasteiger partial charge on any atom is 0.339 e. The van der Waals surface area contributed by atoms with Crippen molar-refractivity contribution in [3.05, 3.63) is 93.3 Å². The van der Waals surface area contributed by atoms with Gasteiger partial charge in [0.05, 0.1) is 5.56 Å². The molecule has 0 radical (unpaired) electrons. The Hall–Kier alpha value is -3.40. The average Bonchev–Trinajstić information content (AvgIpc) is 2.68. The summed E-state index contributed by atoms with van der Waals surface area (Å²) in [6, 6.07) is 18.4. The van der Waals surface area contributed by atoms with E-state index in [1.54, 1.807) is 6.07 Å². The minimum absolute atomic E-state index is 0.00660. The van der Waals surface area contributed by atoms with Gasteiger partial charge in [0.1, 0.15) is 12.2 Å². The molecule has 4 nitrogen and oxygen atoms in total. The maximum atomic E-state index is 12.7. The van der Waals surface area contributed by atoms with Gasteiger partial charge in [-0.1, -0.05) is 48.5 Å². The van der Waals surface area contributed by atoms with Crippen LogP contribution in [0.1, 0.15) is 27.0 Å². The summed E-state index contributed by atoms with van der Waals surface area (Å²) >= 11 is 0. The minimum atomic E-state index is -0.451. The number of ether oxygens (including phenoxy) is 1. The van der Waals surface area contributed by atoms with Gasteiger partial charge in [-0.2, -0.15) is 0 Å². The summed E-state index contributed by atoms with van der Waals surface area (Å²) < 4.78 is 10.9. The van der Waals surface area contributed by atoms with Crippen LogP contribution in [-0.4, -0.2) is 5.97 Å². The molecule has 0 aliphatic carbocycles. The van der Waals surface area contributed by atoms with Gasteiger partial charge in [0.15, 0.2) is 0 Å². The lowest BCUT2D eigenvalue weighted by Gasteiger charge is -2.10. The molecular weight excluding hydrogens is 340 g/mol. The van der Waals surface area contributed by atoms with Crippen LogP contribution in [0, 0.1) is 13.8 Å². The molecule has 0 spiro atoms. The lowest BCUT2D eigenvalue weighted by molar-refractivity contribution is 0.0476. The zero-order valence-corrected chi connectivity index (χ0v) is 15.1. The second-order valence-corrected chi connectivity index (χ2v) is 6.58. The van der Waals surface area contributed by atoms with E-state index in [4.69, 9.17) is 9.15 Å². The van der Waals surface area contributed by atoms with E-state index in [9.17, 15) is 9.59 Å². The Morgan fingerprint density at radius 2 is 1.74 bits per heavy atom. The third kappa shape index (κ3) is 3.10. The van der Waals surface area contributed by atoms with E-state index in [1.165, 1.54) is 6.07 Å². The zero-order chi connectivity index (χ0) is 19.0. The quantitative estimate of drug-likeness (QED) is 0.385. The molecule has 134 valence electrons. The monoisotopic (exact) mass is 358 g/mol. The molecule has 4 aromatic rings. The van der Waals surface area contributed by atoms with Gasteiger partial charge >= 0.3 is 11.6 Å². The highest BCUT2D eigenvalue weighted by Gasteiger charge is 2.14. The second-order valence-electron chi connectivity index (χ2n) is 6.58. The van der Waals surface area contributed by atoms with Gasteiger partial charge in [-0.15, -0.1) is 0 Å². The molecule has 4 rings (SSSR count). The number of benzene rings is 3. The molecule has 0 saturated carbocycles. The number of fused-ring (bicyclic) bond motifs is 2. The van der Waals surface area contributed by atoms with E-state index in [1.807, 2.05) is 62.4 Å². The Kier molecular flexibility index (Phi) is 4.24. The van der Waals surface area contributed by atoms with E-state index in [0.717, 1.165) is 27.3 Å². The van der Waals surface area contributed by atoms with Crippen molar-refractivity contribution in [1.29, 1.82) is 0 Å². The lowest BCUT2D eigenvalue weighted by atomic mass is 10.0. The highest BCUT2D eigenvalue weighted by Crippen LogP contribution is 2.24. The van der Waals surface area contributed by atoms with Gasteiger partial charge < -0.3 is 9.15 Å². The Labute approximate surface area is 156 Å². The van der Waals surface area contributed by atoms with Crippen LogP contribution in [0.15, 0.2) is 69.9 Å². The van der Waals surface area contributed by atoms with Gasteiger partial charge in [-0.25, -0.2) is 9.59 Å². The van der Waals surface area contributed by atoms with Crippen molar-refractivity contribution in [2.45, 2.75) is 20.5 Å². The number of esters is 1. The summed E-state index contributed by atoms with van der Waals surface area (Å²) in [5, 5.41) is 2.60. The first-order valence-electron chi connectivity index (χ1n) is 8.72. The van der Waals surface area contributed by atoms with Crippen LogP contribution >= 0.6 is 0 Å². The van der Waals surface area contributed by atoms with Crippen molar-refractivity contribution in [3.63, 3.8) is 0 Å². The van der Waals surface area contributed by atoms with E-state index >= 15 is 0 Å². The molecule has 0 fully saturated rings. The van der Waals surface area contributed by atoms with Crippen LogP contribution in [0.25, 0.3) is 21.7 Å². The first kappa shape index (κ1) is 17.0. The van der Waals surface area contributed by atoms with Crippen molar-refractivity contribution >= 4 is 27.7 Å². The van der Waals surface area contributed by atoms with E-state index in [2.05, 4.69) is 0 Å². The zero-order valence-electron chi connectivity index (χ0n) is 15.1. The Morgan fingerprint density at radius 3 is 2.59 bits per heavy atom. The lowest BCUT2D eigenvalue weighted by Crippen LogP contribution is -2.09. The standard InChI is InChI=1S/C23H18O4/c1-14-10-11-19-17(12-21(24)27-22(19)15(14)2)13-26-23(25)20-9-5-7-16-6-3-4-8-18(16)20/h3-12H,13H2,1-2H3. The number of carbonyl (C=O) groups is 1. The SMILES string of the molecule is Cc1ccc2c(COC(=O)c3cccc4ccccc34)cc(=O)oc2c1C. The molecule has 0 saturated heterocycles. The molecule has 0 bridgehead atoms. The molecular formula is C23H18O4. The van der Waals surface area contributed by atoms with Gasteiger partial charge in [0, 0.05) is 17.0 Å². The molecule has 3 aromatic carbocycles. The van der Waals surface area contributed by atoms with Gasteiger partial charge in [0.25, 0.3) is 0 Å². The predicted molar refractivity (Wildman–Crippen MR) is 105 cm³/mol. The normalized spacial score (nSPS) is 11.0. The largest absolute Gasteiger partial charge is 0.457 e.